The molecule has 2 rings (SSSR count). The SMILES string of the molecule is C/C(=N\Oc1ccccc1)c1ccc(F)cc1. The standard InChI is InChI=1S/C14H12FNO/c1-11(12-7-9-13(15)10-8-12)16-17-14-5-3-2-4-6-14/h2-10H,1H3/b16-11+. The predicted molar refractivity (Wildman–Crippen MR) is 65.7 cm³/mol. The molecule has 86 valence electrons. The molecule has 0 aliphatic carbocycles. The lowest BCUT2D eigenvalue weighted by Crippen LogP contribution is -1.97. The number of para-hydroxylation sites is 1. The summed E-state index contributed by atoms with van der Waals surface area (Å²) in [5, 5.41) is 3.99. The maximum absolute atomic E-state index is 12.7. The highest BCUT2D eigenvalue weighted by Gasteiger charge is 1.98. The molecule has 0 heterocycles. The molecule has 0 unspecified atom stereocenters. The third-order valence-corrected chi connectivity index (χ3v) is 2.29. The van der Waals surface area contributed by atoms with E-state index in [2.05, 4.69) is 5.16 Å². The smallest absolute Gasteiger partial charge is 0.157 e. The summed E-state index contributed by atoms with van der Waals surface area (Å²) in [6.45, 7) is 1.82. The first-order chi connectivity index (χ1) is 8.25. The Morgan fingerprint density at radius 3 is 2.29 bits per heavy atom. The van der Waals surface area contributed by atoms with Gasteiger partial charge in [-0.1, -0.05) is 35.5 Å². The summed E-state index contributed by atoms with van der Waals surface area (Å²) in [6, 6.07) is 15.4. The molecule has 0 saturated heterocycles. The molecule has 0 bridgehead atoms. The van der Waals surface area contributed by atoms with E-state index in [-0.39, 0.29) is 5.82 Å². The lowest BCUT2D eigenvalue weighted by atomic mass is 10.1. The molecule has 0 fully saturated rings. The van der Waals surface area contributed by atoms with Crippen molar-refractivity contribution >= 4 is 5.71 Å². The van der Waals surface area contributed by atoms with Crippen LogP contribution < -0.4 is 4.84 Å². The minimum Gasteiger partial charge on any atom is -0.357 e. The van der Waals surface area contributed by atoms with Crippen LogP contribution >= 0.6 is 0 Å². The van der Waals surface area contributed by atoms with Crippen LogP contribution in [0.15, 0.2) is 59.8 Å². The van der Waals surface area contributed by atoms with Crippen LogP contribution in [0.25, 0.3) is 0 Å². The van der Waals surface area contributed by atoms with Gasteiger partial charge in [-0.3, -0.25) is 0 Å². The van der Waals surface area contributed by atoms with Crippen LogP contribution in [-0.4, -0.2) is 5.71 Å². The van der Waals surface area contributed by atoms with Crippen molar-refractivity contribution in [2.75, 3.05) is 0 Å². The van der Waals surface area contributed by atoms with Gasteiger partial charge in [-0.2, -0.15) is 0 Å². The zero-order valence-electron chi connectivity index (χ0n) is 9.43. The number of oxime groups is 1. The Kier molecular flexibility index (Phi) is 3.50. The maximum atomic E-state index is 12.7. The fourth-order valence-corrected chi connectivity index (χ4v) is 1.35. The van der Waals surface area contributed by atoms with Gasteiger partial charge >= 0.3 is 0 Å². The molecular formula is C14H12FNO. The average molecular weight is 229 g/mol. The number of nitrogens with zero attached hydrogens (tertiary/aromatic N) is 1. The first-order valence-electron chi connectivity index (χ1n) is 5.28. The van der Waals surface area contributed by atoms with Gasteiger partial charge in [0.25, 0.3) is 0 Å². The summed E-state index contributed by atoms with van der Waals surface area (Å²) in [7, 11) is 0. The highest BCUT2D eigenvalue weighted by atomic mass is 19.1. The second-order valence-corrected chi connectivity index (χ2v) is 3.59. The molecule has 0 spiro atoms. The molecule has 0 aliphatic rings. The lowest BCUT2D eigenvalue weighted by Gasteiger charge is -2.01. The summed E-state index contributed by atoms with van der Waals surface area (Å²) in [5.74, 6) is 0.416. The van der Waals surface area contributed by atoms with Gasteiger partial charge in [0.15, 0.2) is 5.75 Å². The van der Waals surface area contributed by atoms with E-state index < -0.39 is 0 Å². The van der Waals surface area contributed by atoms with Crippen molar-refractivity contribution in [1.82, 2.24) is 0 Å². The van der Waals surface area contributed by atoms with Gasteiger partial charge in [-0.05, 0) is 36.8 Å². The van der Waals surface area contributed by atoms with E-state index in [9.17, 15) is 4.39 Å². The molecule has 2 aromatic rings. The summed E-state index contributed by atoms with van der Waals surface area (Å²) in [5.41, 5.74) is 1.54. The Bertz CT molecular complexity index is 506. The predicted octanol–water partition coefficient (Wildman–Crippen LogP) is 3.63. The summed E-state index contributed by atoms with van der Waals surface area (Å²) < 4.78 is 12.7. The first-order valence-corrected chi connectivity index (χ1v) is 5.28. The van der Waals surface area contributed by atoms with Gasteiger partial charge in [0.1, 0.15) is 5.82 Å². The molecule has 0 aliphatic heterocycles. The molecular weight excluding hydrogens is 217 g/mol. The van der Waals surface area contributed by atoms with Crippen molar-refractivity contribution in [3.8, 4) is 5.75 Å². The molecule has 0 aromatic heterocycles. The zero-order valence-corrected chi connectivity index (χ0v) is 9.43. The minimum absolute atomic E-state index is 0.259. The highest BCUT2D eigenvalue weighted by molar-refractivity contribution is 5.98. The molecule has 0 N–H and O–H groups in total. The van der Waals surface area contributed by atoms with Crippen molar-refractivity contribution < 1.29 is 9.23 Å². The van der Waals surface area contributed by atoms with E-state index in [1.54, 1.807) is 12.1 Å². The first kappa shape index (κ1) is 11.3. The molecule has 0 amide bonds. The van der Waals surface area contributed by atoms with Gasteiger partial charge in [0.2, 0.25) is 0 Å². The van der Waals surface area contributed by atoms with Gasteiger partial charge < -0.3 is 4.84 Å². The Morgan fingerprint density at radius 1 is 1.00 bits per heavy atom. The lowest BCUT2D eigenvalue weighted by molar-refractivity contribution is 0.341. The van der Waals surface area contributed by atoms with Crippen LogP contribution in [0.4, 0.5) is 4.39 Å². The number of halogens is 1. The zero-order chi connectivity index (χ0) is 12.1. The summed E-state index contributed by atoms with van der Waals surface area (Å²) >= 11 is 0. The number of benzene rings is 2. The van der Waals surface area contributed by atoms with Crippen molar-refractivity contribution in [3.63, 3.8) is 0 Å². The van der Waals surface area contributed by atoms with E-state index in [0.717, 1.165) is 5.56 Å². The van der Waals surface area contributed by atoms with Gasteiger partial charge in [0.05, 0.1) is 5.71 Å². The van der Waals surface area contributed by atoms with Crippen molar-refractivity contribution in [3.05, 3.63) is 66.0 Å². The minimum atomic E-state index is -0.259. The van der Waals surface area contributed by atoms with Gasteiger partial charge in [0, 0.05) is 0 Å². The second kappa shape index (κ2) is 5.25. The Labute approximate surface area is 99.3 Å². The number of rotatable bonds is 3. The molecule has 0 atom stereocenters. The van der Waals surface area contributed by atoms with Crippen molar-refractivity contribution in [2.45, 2.75) is 6.92 Å². The monoisotopic (exact) mass is 229 g/mol. The van der Waals surface area contributed by atoms with Crippen LogP contribution in [0.3, 0.4) is 0 Å². The van der Waals surface area contributed by atoms with Crippen molar-refractivity contribution in [2.24, 2.45) is 5.16 Å². The summed E-state index contributed by atoms with van der Waals surface area (Å²) in [6.07, 6.45) is 0. The Hall–Kier alpha value is -2.16. The van der Waals surface area contributed by atoms with Crippen LogP contribution in [0, 0.1) is 5.82 Å². The maximum Gasteiger partial charge on any atom is 0.157 e. The van der Waals surface area contributed by atoms with Crippen LogP contribution in [0.1, 0.15) is 12.5 Å². The molecule has 0 saturated carbocycles. The van der Waals surface area contributed by atoms with E-state index in [4.69, 9.17) is 4.84 Å². The largest absolute Gasteiger partial charge is 0.357 e. The fraction of sp³-hybridized carbons (Fsp3) is 0.0714. The van der Waals surface area contributed by atoms with E-state index >= 15 is 0 Å². The quantitative estimate of drug-likeness (QED) is 0.581. The molecule has 0 radical (unpaired) electrons. The van der Waals surface area contributed by atoms with Crippen LogP contribution in [0.5, 0.6) is 5.75 Å². The Balaban J connectivity index is 2.10. The van der Waals surface area contributed by atoms with Gasteiger partial charge in [-0.15, -0.1) is 0 Å². The van der Waals surface area contributed by atoms with E-state index in [1.165, 1.54) is 12.1 Å². The normalized spacial score (nSPS) is 11.3. The second-order valence-electron chi connectivity index (χ2n) is 3.59. The average Bonchev–Trinajstić information content (AvgIpc) is 2.38. The van der Waals surface area contributed by atoms with Crippen LogP contribution in [-0.2, 0) is 0 Å². The third-order valence-electron chi connectivity index (χ3n) is 2.29. The number of hydrogen-bond acceptors (Lipinski definition) is 2. The topological polar surface area (TPSA) is 21.6 Å². The van der Waals surface area contributed by atoms with E-state index in [1.807, 2.05) is 37.3 Å². The number of hydrogen-bond donors (Lipinski definition) is 0. The van der Waals surface area contributed by atoms with E-state index in [0.29, 0.717) is 11.5 Å². The summed E-state index contributed by atoms with van der Waals surface area (Å²) in [4.78, 5) is 5.25. The van der Waals surface area contributed by atoms with Gasteiger partial charge in [-0.25, -0.2) is 4.39 Å². The molecule has 3 heteroatoms. The third kappa shape index (κ3) is 3.14. The van der Waals surface area contributed by atoms with Crippen molar-refractivity contribution in [1.29, 1.82) is 0 Å². The Morgan fingerprint density at radius 2 is 1.65 bits per heavy atom. The molecule has 17 heavy (non-hydrogen) atoms. The molecule has 2 nitrogen and oxygen atoms in total. The molecule has 2 aromatic carbocycles. The van der Waals surface area contributed by atoms with Crippen LogP contribution in [0.2, 0.25) is 0 Å². The fourth-order valence-electron chi connectivity index (χ4n) is 1.35. The highest BCUT2D eigenvalue weighted by Crippen LogP contribution is 2.10.